The zero-order chi connectivity index (χ0) is 10.7. The average Bonchev–Trinajstić information content (AvgIpc) is 2.53. The number of oxime groups is 1. The second kappa shape index (κ2) is 4.03. The fourth-order valence-corrected chi connectivity index (χ4v) is 1.05. The van der Waals surface area contributed by atoms with E-state index in [1.165, 1.54) is 0 Å². The lowest BCUT2D eigenvalue weighted by molar-refractivity contribution is -0.140. The van der Waals surface area contributed by atoms with E-state index in [1.807, 2.05) is 0 Å². The van der Waals surface area contributed by atoms with Crippen LogP contribution in [0.25, 0.3) is 0 Å². The van der Waals surface area contributed by atoms with Gasteiger partial charge in [0.15, 0.2) is 17.5 Å². The van der Waals surface area contributed by atoms with E-state index in [0.717, 1.165) is 0 Å². The van der Waals surface area contributed by atoms with Crippen molar-refractivity contribution >= 4 is 17.4 Å². The molecule has 2 unspecified atom stereocenters. The van der Waals surface area contributed by atoms with Crippen LogP contribution in [-0.2, 0) is 9.53 Å². The SMILES string of the molecule is N/N=C1/C(=O)OC(C(O)CO)/C1=N\O. The molecule has 1 heterocycles. The minimum Gasteiger partial charge on any atom is -0.448 e. The molecule has 0 radical (unpaired) electrons. The molecule has 5 N–H and O–H groups in total. The number of hydrogen-bond donors (Lipinski definition) is 4. The summed E-state index contributed by atoms with van der Waals surface area (Å²) in [6, 6.07) is 0. The number of carbonyl (C=O) groups is 1. The van der Waals surface area contributed by atoms with Gasteiger partial charge in [-0.05, 0) is 0 Å². The number of cyclic esters (lactones) is 1. The van der Waals surface area contributed by atoms with Gasteiger partial charge in [0.25, 0.3) is 0 Å². The lowest BCUT2D eigenvalue weighted by Crippen LogP contribution is -2.36. The Hall–Kier alpha value is -1.67. The van der Waals surface area contributed by atoms with Crippen molar-refractivity contribution in [2.45, 2.75) is 12.2 Å². The third-order valence-electron chi connectivity index (χ3n) is 1.71. The number of hydrazone groups is 1. The molecule has 0 bridgehead atoms. The topological polar surface area (TPSA) is 138 Å². The van der Waals surface area contributed by atoms with Crippen LogP contribution >= 0.6 is 0 Å². The largest absolute Gasteiger partial charge is 0.448 e. The van der Waals surface area contributed by atoms with Crippen LogP contribution in [0.15, 0.2) is 10.3 Å². The Morgan fingerprint density at radius 2 is 2.29 bits per heavy atom. The first-order valence-electron chi connectivity index (χ1n) is 3.65. The number of hydrogen-bond acceptors (Lipinski definition) is 8. The highest BCUT2D eigenvalue weighted by Gasteiger charge is 2.42. The first-order chi connectivity index (χ1) is 6.65. The van der Waals surface area contributed by atoms with E-state index < -0.39 is 24.8 Å². The molecule has 0 aromatic rings. The molecule has 8 heteroatoms. The van der Waals surface area contributed by atoms with Crippen LogP contribution in [0.1, 0.15) is 0 Å². The summed E-state index contributed by atoms with van der Waals surface area (Å²) in [5, 5.41) is 32.1. The third kappa shape index (κ3) is 1.52. The summed E-state index contributed by atoms with van der Waals surface area (Å²) < 4.78 is 4.57. The Morgan fingerprint density at radius 3 is 2.71 bits per heavy atom. The summed E-state index contributed by atoms with van der Waals surface area (Å²) in [4.78, 5) is 11.0. The number of aliphatic hydroxyl groups excluding tert-OH is 2. The lowest BCUT2D eigenvalue weighted by Gasteiger charge is -2.13. The molecular formula is C6H9N3O5. The van der Waals surface area contributed by atoms with Crippen molar-refractivity contribution in [3.63, 3.8) is 0 Å². The van der Waals surface area contributed by atoms with Crippen molar-refractivity contribution in [3.05, 3.63) is 0 Å². The van der Waals surface area contributed by atoms with Gasteiger partial charge in [-0.2, -0.15) is 5.10 Å². The summed E-state index contributed by atoms with van der Waals surface area (Å²) in [6.45, 7) is -0.644. The quantitative estimate of drug-likeness (QED) is 0.168. The fourth-order valence-electron chi connectivity index (χ4n) is 1.05. The van der Waals surface area contributed by atoms with Gasteiger partial charge in [0.1, 0.15) is 6.10 Å². The molecule has 0 spiro atoms. The van der Waals surface area contributed by atoms with Gasteiger partial charge in [0, 0.05) is 0 Å². The van der Waals surface area contributed by atoms with Gasteiger partial charge < -0.3 is 26.0 Å². The van der Waals surface area contributed by atoms with Crippen LogP contribution in [0.5, 0.6) is 0 Å². The monoisotopic (exact) mass is 203 g/mol. The van der Waals surface area contributed by atoms with E-state index in [9.17, 15) is 9.90 Å². The molecule has 0 saturated carbocycles. The summed E-state index contributed by atoms with van der Waals surface area (Å²) in [5.74, 6) is 3.94. The molecule has 8 nitrogen and oxygen atoms in total. The molecule has 1 rings (SSSR count). The summed E-state index contributed by atoms with van der Waals surface area (Å²) in [7, 11) is 0. The predicted molar refractivity (Wildman–Crippen MR) is 43.8 cm³/mol. The highest BCUT2D eigenvalue weighted by molar-refractivity contribution is 6.69. The Kier molecular flexibility index (Phi) is 2.99. The van der Waals surface area contributed by atoms with Gasteiger partial charge in [-0.25, -0.2) is 4.79 Å². The van der Waals surface area contributed by atoms with Crippen molar-refractivity contribution in [2.24, 2.45) is 16.1 Å². The highest BCUT2D eigenvalue weighted by atomic mass is 16.6. The molecule has 1 aliphatic heterocycles. The van der Waals surface area contributed by atoms with Crippen molar-refractivity contribution in [1.29, 1.82) is 0 Å². The number of nitrogens with two attached hydrogens (primary N) is 1. The first kappa shape index (κ1) is 10.4. The van der Waals surface area contributed by atoms with Gasteiger partial charge in [0.05, 0.1) is 6.61 Å². The normalized spacial score (nSPS) is 29.6. The van der Waals surface area contributed by atoms with Crippen LogP contribution in [-0.4, -0.2) is 51.6 Å². The van der Waals surface area contributed by atoms with Crippen LogP contribution in [0.4, 0.5) is 0 Å². The zero-order valence-electron chi connectivity index (χ0n) is 6.99. The first-order valence-corrected chi connectivity index (χ1v) is 3.65. The van der Waals surface area contributed by atoms with Crippen LogP contribution in [0.2, 0.25) is 0 Å². The maximum absolute atomic E-state index is 11.0. The molecule has 14 heavy (non-hydrogen) atoms. The van der Waals surface area contributed by atoms with Crippen molar-refractivity contribution in [1.82, 2.24) is 0 Å². The highest BCUT2D eigenvalue weighted by Crippen LogP contribution is 2.13. The van der Waals surface area contributed by atoms with Gasteiger partial charge in [-0.3, -0.25) is 0 Å². The molecule has 0 aliphatic carbocycles. The molecule has 1 aliphatic rings. The number of aliphatic hydroxyl groups is 2. The molecule has 0 aromatic heterocycles. The van der Waals surface area contributed by atoms with E-state index >= 15 is 0 Å². The van der Waals surface area contributed by atoms with Gasteiger partial charge in [0.2, 0.25) is 0 Å². The number of esters is 1. The van der Waals surface area contributed by atoms with Crippen molar-refractivity contribution in [2.75, 3.05) is 6.61 Å². The molecule has 0 aromatic carbocycles. The van der Waals surface area contributed by atoms with Crippen molar-refractivity contribution in [3.8, 4) is 0 Å². The van der Waals surface area contributed by atoms with E-state index in [0.29, 0.717) is 0 Å². The van der Waals surface area contributed by atoms with Gasteiger partial charge in [-0.15, -0.1) is 0 Å². The van der Waals surface area contributed by atoms with Gasteiger partial charge in [-0.1, -0.05) is 5.16 Å². The summed E-state index contributed by atoms with van der Waals surface area (Å²) in [5.41, 5.74) is -0.663. The average molecular weight is 203 g/mol. The second-order valence-electron chi connectivity index (χ2n) is 2.54. The van der Waals surface area contributed by atoms with E-state index in [-0.39, 0.29) is 11.4 Å². The zero-order valence-corrected chi connectivity index (χ0v) is 6.99. The molecule has 2 atom stereocenters. The number of rotatable bonds is 2. The smallest absolute Gasteiger partial charge is 0.361 e. The number of nitrogens with zero attached hydrogens (tertiary/aromatic N) is 2. The summed E-state index contributed by atoms with van der Waals surface area (Å²) >= 11 is 0. The van der Waals surface area contributed by atoms with E-state index in [1.54, 1.807) is 0 Å². The number of ether oxygens (including phenoxy) is 1. The van der Waals surface area contributed by atoms with E-state index in [4.69, 9.17) is 16.2 Å². The predicted octanol–water partition coefficient (Wildman–Crippen LogP) is -2.59. The third-order valence-corrected chi connectivity index (χ3v) is 1.71. The molecular weight excluding hydrogens is 194 g/mol. The standard InChI is InChI=1S/C6H9N3O5/c7-8-4-3(9-13)5(2(11)1-10)14-6(4)12/h2,5,10-11,13H,1,7H2/b8-4+,9-3-. The molecule has 0 amide bonds. The molecule has 1 saturated heterocycles. The van der Waals surface area contributed by atoms with Crippen LogP contribution in [0.3, 0.4) is 0 Å². The van der Waals surface area contributed by atoms with Crippen LogP contribution < -0.4 is 5.84 Å². The minimum atomic E-state index is -1.37. The number of carbonyl (C=O) groups excluding carboxylic acids is 1. The Labute approximate surface area is 78.3 Å². The molecule has 1 fully saturated rings. The van der Waals surface area contributed by atoms with Crippen LogP contribution in [0, 0.1) is 0 Å². The Morgan fingerprint density at radius 1 is 1.64 bits per heavy atom. The van der Waals surface area contributed by atoms with Gasteiger partial charge >= 0.3 is 5.97 Å². The van der Waals surface area contributed by atoms with E-state index in [2.05, 4.69) is 15.0 Å². The summed E-state index contributed by atoms with van der Waals surface area (Å²) in [6.07, 6.45) is -2.61. The minimum absolute atomic E-state index is 0.293. The fraction of sp³-hybridized carbons (Fsp3) is 0.500. The Bertz CT molecular complexity index is 300. The molecule has 78 valence electrons. The Balaban J connectivity index is 2.98. The lowest BCUT2D eigenvalue weighted by atomic mass is 10.1. The van der Waals surface area contributed by atoms with Crippen molar-refractivity contribution < 1.29 is 25.0 Å². The maximum atomic E-state index is 11.0. The maximum Gasteiger partial charge on any atom is 0.361 e. The second-order valence-corrected chi connectivity index (χ2v) is 2.54.